The van der Waals surface area contributed by atoms with Crippen molar-refractivity contribution in [1.82, 2.24) is 10.6 Å². The van der Waals surface area contributed by atoms with Crippen molar-refractivity contribution in [2.45, 2.75) is 12.5 Å². The predicted molar refractivity (Wildman–Crippen MR) is 84.5 cm³/mol. The number of hydrogen-bond acceptors (Lipinski definition) is 4. The van der Waals surface area contributed by atoms with Crippen LogP contribution in [0, 0.1) is 5.92 Å². The normalized spacial score (nSPS) is 21.2. The van der Waals surface area contributed by atoms with Crippen LogP contribution in [0.25, 0.3) is 0 Å². The molecular formula is C16H25N3O2. The third kappa shape index (κ3) is 4.44. The number of carbonyl (C=O) groups excluding carboxylic acids is 1. The van der Waals surface area contributed by atoms with Crippen LogP contribution < -0.4 is 15.5 Å². The van der Waals surface area contributed by atoms with Crippen molar-refractivity contribution < 1.29 is 9.53 Å². The molecule has 0 saturated carbocycles. The van der Waals surface area contributed by atoms with E-state index in [9.17, 15) is 4.79 Å². The number of carbonyl (C=O) groups is 1. The van der Waals surface area contributed by atoms with Gasteiger partial charge in [-0.2, -0.15) is 0 Å². The highest BCUT2D eigenvalue weighted by Gasteiger charge is 2.32. The zero-order valence-electron chi connectivity index (χ0n) is 12.8. The monoisotopic (exact) mass is 291 g/mol. The fourth-order valence-corrected chi connectivity index (χ4v) is 2.57. The zero-order valence-corrected chi connectivity index (χ0v) is 12.8. The number of nitrogens with zero attached hydrogens (tertiary/aromatic N) is 1. The average molecular weight is 291 g/mol. The minimum atomic E-state index is -0.0677. The Hall–Kier alpha value is -1.59. The van der Waals surface area contributed by atoms with Crippen molar-refractivity contribution in [3.05, 3.63) is 30.3 Å². The molecule has 0 spiro atoms. The van der Waals surface area contributed by atoms with Crippen molar-refractivity contribution in [3.63, 3.8) is 0 Å². The molecule has 0 aromatic heterocycles. The molecule has 0 bridgehead atoms. The number of amides is 1. The fraction of sp³-hybridized carbons (Fsp3) is 0.562. The van der Waals surface area contributed by atoms with Crippen molar-refractivity contribution in [1.29, 1.82) is 0 Å². The van der Waals surface area contributed by atoms with E-state index in [2.05, 4.69) is 34.7 Å². The number of benzene rings is 1. The molecule has 1 aliphatic rings. The highest BCUT2D eigenvalue weighted by molar-refractivity contribution is 5.79. The molecule has 1 aliphatic heterocycles. The van der Waals surface area contributed by atoms with Crippen LogP contribution in [0.5, 0.6) is 0 Å². The lowest BCUT2D eigenvalue weighted by Crippen LogP contribution is -2.43. The number of para-hydroxylation sites is 1. The molecule has 5 heteroatoms. The third-order valence-corrected chi connectivity index (χ3v) is 3.95. The molecule has 1 amide bonds. The molecule has 1 saturated heterocycles. The first kappa shape index (κ1) is 15.8. The van der Waals surface area contributed by atoms with E-state index in [0.29, 0.717) is 19.8 Å². The molecule has 2 N–H and O–H groups in total. The molecule has 1 fully saturated rings. The summed E-state index contributed by atoms with van der Waals surface area (Å²) < 4.78 is 5.35. The summed E-state index contributed by atoms with van der Waals surface area (Å²) in [6.45, 7) is 2.75. The molecule has 2 unspecified atom stereocenters. The average Bonchev–Trinajstić information content (AvgIpc) is 3.00. The molecular weight excluding hydrogens is 266 g/mol. The highest BCUT2D eigenvalue weighted by atomic mass is 16.5. The van der Waals surface area contributed by atoms with Gasteiger partial charge in [0.2, 0.25) is 5.91 Å². The van der Waals surface area contributed by atoms with Gasteiger partial charge in [0.1, 0.15) is 0 Å². The van der Waals surface area contributed by atoms with Gasteiger partial charge in [0.05, 0.1) is 19.1 Å². The second-order valence-electron chi connectivity index (χ2n) is 5.44. The predicted octanol–water partition coefficient (Wildman–Crippen LogP) is 0.864. The molecule has 1 aromatic carbocycles. The maximum absolute atomic E-state index is 12.1. The van der Waals surface area contributed by atoms with Gasteiger partial charge in [0.25, 0.3) is 0 Å². The quantitative estimate of drug-likeness (QED) is 0.732. The second-order valence-corrected chi connectivity index (χ2v) is 5.44. The first-order valence-electron chi connectivity index (χ1n) is 7.51. The minimum absolute atomic E-state index is 0.0677. The van der Waals surface area contributed by atoms with Crippen LogP contribution in [0.2, 0.25) is 0 Å². The van der Waals surface area contributed by atoms with Crippen LogP contribution in [-0.2, 0) is 9.53 Å². The minimum Gasteiger partial charge on any atom is -0.379 e. The van der Waals surface area contributed by atoms with Crippen LogP contribution in [0.15, 0.2) is 30.3 Å². The van der Waals surface area contributed by atoms with Crippen molar-refractivity contribution in [2.75, 3.05) is 45.3 Å². The second kappa shape index (κ2) is 8.00. The zero-order chi connectivity index (χ0) is 15.1. The van der Waals surface area contributed by atoms with Gasteiger partial charge in [0, 0.05) is 31.9 Å². The molecule has 0 aliphatic carbocycles. The summed E-state index contributed by atoms with van der Waals surface area (Å²) in [6, 6.07) is 10.4. The van der Waals surface area contributed by atoms with Crippen molar-refractivity contribution in [3.8, 4) is 0 Å². The van der Waals surface area contributed by atoms with Crippen LogP contribution in [0.1, 0.15) is 6.42 Å². The van der Waals surface area contributed by atoms with Gasteiger partial charge in [-0.3, -0.25) is 4.79 Å². The maximum atomic E-state index is 12.1. The Morgan fingerprint density at radius 3 is 2.81 bits per heavy atom. The molecule has 5 nitrogen and oxygen atoms in total. The number of likely N-dealkylation sites (N-methyl/N-ethyl adjacent to an activating group) is 1. The summed E-state index contributed by atoms with van der Waals surface area (Å²) in [5.74, 6) is 0.0241. The van der Waals surface area contributed by atoms with Crippen LogP contribution >= 0.6 is 0 Å². The van der Waals surface area contributed by atoms with E-state index in [4.69, 9.17) is 4.74 Å². The Morgan fingerprint density at radius 2 is 2.10 bits per heavy atom. The number of nitrogens with one attached hydrogen (secondary N) is 2. The van der Waals surface area contributed by atoms with Gasteiger partial charge in [-0.05, 0) is 25.6 Å². The molecule has 21 heavy (non-hydrogen) atoms. The van der Waals surface area contributed by atoms with Gasteiger partial charge >= 0.3 is 0 Å². The summed E-state index contributed by atoms with van der Waals surface area (Å²) in [6.07, 6.45) is 0.926. The molecule has 1 heterocycles. The van der Waals surface area contributed by atoms with E-state index < -0.39 is 0 Å². The van der Waals surface area contributed by atoms with Crippen molar-refractivity contribution in [2.24, 2.45) is 5.92 Å². The first-order valence-corrected chi connectivity index (χ1v) is 7.51. The maximum Gasteiger partial charge on any atom is 0.227 e. The molecule has 2 atom stereocenters. The number of ether oxygens (including phenoxy) is 1. The number of anilines is 1. The summed E-state index contributed by atoms with van der Waals surface area (Å²) in [7, 11) is 3.94. The molecule has 1 aromatic rings. The van der Waals surface area contributed by atoms with Crippen LogP contribution in [-0.4, -0.2) is 52.3 Å². The standard InChI is InChI=1S/C16H25N3O2/c1-17-15-12-21-11-14(15)16(20)18-9-6-10-19(2)13-7-4-3-5-8-13/h3-5,7-8,14-15,17H,6,9-12H2,1-2H3,(H,18,20). The Morgan fingerprint density at radius 1 is 1.33 bits per heavy atom. The molecule has 0 radical (unpaired) electrons. The van der Waals surface area contributed by atoms with Gasteiger partial charge in [-0.15, -0.1) is 0 Å². The Kier molecular flexibility index (Phi) is 6.02. The summed E-state index contributed by atoms with van der Waals surface area (Å²) in [4.78, 5) is 14.3. The first-order chi connectivity index (χ1) is 10.2. The van der Waals surface area contributed by atoms with E-state index in [1.807, 2.05) is 25.2 Å². The molecule has 2 rings (SSSR count). The SMILES string of the molecule is CNC1COCC1C(=O)NCCCN(C)c1ccccc1. The lowest BCUT2D eigenvalue weighted by atomic mass is 10.0. The lowest BCUT2D eigenvalue weighted by Gasteiger charge is -2.20. The summed E-state index contributed by atoms with van der Waals surface area (Å²) in [5, 5.41) is 6.14. The van der Waals surface area contributed by atoms with Gasteiger partial charge < -0.3 is 20.3 Å². The lowest BCUT2D eigenvalue weighted by molar-refractivity contribution is -0.125. The van der Waals surface area contributed by atoms with Crippen molar-refractivity contribution >= 4 is 11.6 Å². The van der Waals surface area contributed by atoms with Gasteiger partial charge in [-0.1, -0.05) is 18.2 Å². The largest absolute Gasteiger partial charge is 0.379 e. The Bertz CT molecular complexity index is 438. The van der Waals surface area contributed by atoms with Crippen LogP contribution in [0.3, 0.4) is 0 Å². The van der Waals surface area contributed by atoms with Gasteiger partial charge in [-0.25, -0.2) is 0 Å². The molecule has 116 valence electrons. The third-order valence-electron chi connectivity index (χ3n) is 3.95. The topological polar surface area (TPSA) is 53.6 Å². The highest BCUT2D eigenvalue weighted by Crippen LogP contribution is 2.13. The smallest absolute Gasteiger partial charge is 0.227 e. The number of hydrogen-bond donors (Lipinski definition) is 2. The van der Waals surface area contributed by atoms with E-state index in [1.54, 1.807) is 0 Å². The van der Waals surface area contributed by atoms with Gasteiger partial charge in [0.15, 0.2) is 0 Å². The summed E-state index contributed by atoms with van der Waals surface area (Å²) >= 11 is 0. The number of rotatable bonds is 7. The summed E-state index contributed by atoms with van der Waals surface area (Å²) in [5.41, 5.74) is 1.20. The van der Waals surface area contributed by atoms with E-state index in [0.717, 1.165) is 13.0 Å². The van der Waals surface area contributed by atoms with E-state index in [1.165, 1.54) is 5.69 Å². The van der Waals surface area contributed by atoms with E-state index >= 15 is 0 Å². The Labute approximate surface area is 126 Å². The fourth-order valence-electron chi connectivity index (χ4n) is 2.57. The Balaban J connectivity index is 1.66. The van der Waals surface area contributed by atoms with Crippen LogP contribution in [0.4, 0.5) is 5.69 Å². The van der Waals surface area contributed by atoms with E-state index in [-0.39, 0.29) is 17.9 Å².